The van der Waals surface area contributed by atoms with Crippen LogP contribution in [-0.4, -0.2) is 22.0 Å². The number of hydrogen-bond acceptors (Lipinski definition) is 5. The normalized spacial score (nSPS) is 14.4. The van der Waals surface area contributed by atoms with Gasteiger partial charge in [-0.25, -0.2) is 0 Å². The minimum Gasteiger partial charge on any atom is -0.386 e. The second-order valence-electron chi connectivity index (χ2n) is 7.58. The first kappa shape index (κ1) is 22.7. The Morgan fingerprint density at radius 2 is 1.56 bits per heavy atom. The van der Waals surface area contributed by atoms with Crippen molar-refractivity contribution in [2.24, 2.45) is 0 Å². The number of nitrogens with zero attached hydrogens (tertiary/aromatic N) is 2. The van der Waals surface area contributed by atoms with Gasteiger partial charge in [0, 0.05) is 12.1 Å². The molecule has 1 amide bonds. The highest BCUT2D eigenvalue weighted by atomic mass is 16.6. The first-order valence-corrected chi connectivity index (χ1v) is 10.1. The minimum atomic E-state index is -1.35. The molecule has 0 radical (unpaired) electrons. The molecule has 3 aromatic carbocycles. The number of nitrogens with one attached hydrogen (secondary N) is 1. The number of nitriles is 1. The Balaban J connectivity index is 1.90. The van der Waals surface area contributed by atoms with E-state index in [2.05, 4.69) is 11.4 Å². The van der Waals surface area contributed by atoms with E-state index in [4.69, 9.17) is 0 Å². The SMILES string of the molecule is C[C@@H](NC(=O)C[C@](C#N)(c1ccccc1)c1ccc([N+](=O)[O-])cc1)[C@@H](O)c1ccccc1. The van der Waals surface area contributed by atoms with E-state index in [-0.39, 0.29) is 12.1 Å². The molecule has 162 valence electrons. The molecule has 0 saturated carbocycles. The Kier molecular flexibility index (Phi) is 6.98. The Morgan fingerprint density at radius 3 is 2.09 bits per heavy atom. The van der Waals surface area contributed by atoms with Gasteiger partial charge in [0.15, 0.2) is 0 Å². The molecule has 0 saturated heterocycles. The summed E-state index contributed by atoms with van der Waals surface area (Å²) in [6.07, 6.45) is -1.12. The summed E-state index contributed by atoms with van der Waals surface area (Å²) >= 11 is 0. The number of carbonyl (C=O) groups excluding carboxylic acids is 1. The van der Waals surface area contributed by atoms with Crippen LogP contribution in [0.3, 0.4) is 0 Å². The summed E-state index contributed by atoms with van der Waals surface area (Å²) in [5, 5.41) is 34.6. The molecule has 2 N–H and O–H groups in total. The van der Waals surface area contributed by atoms with E-state index < -0.39 is 28.4 Å². The Bertz CT molecular complexity index is 1110. The lowest BCUT2D eigenvalue weighted by Crippen LogP contribution is -2.41. The maximum absolute atomic E-state index is 13.0. The standard InChI is InChI=1S/C25H23N3O4/c1-18(24(30)19-8-4-2-5-9-19)27-23(29)16-25(17-26,20-10-6-3-7-11-20)21-12-14-22(15-13-21)28(31)32/h2-15,18,24,30H,16H2,1H3,(H,27,29)/t18-,24-,25+/m1/s1. The molecule has 0 unspecified atom stereocenters. The Hall–Kier alpha value is -4.02. The van der Waals surface area contributed by atoms with Crippen molar-refractivity contribution >= 4 is 11.6 Å². The fourth-order valence-electron chi connectivity index (χ4n) is 3.69. The quantitative estimate of drug-likeness (QED) is 0.414. The molecule has 0 heterocycles. The van der Waals surface area contributed by atoms with Crippen LogP contribution in [-0.2, 0) is 10.2 Å². The molecule has 0 fully saturated rings. The maximum Gasteiger partial charge on any atom is 0.269 e. The van der Waals surface area contributed by atoms with Gasteiger partial charge in [-0.15, -0.1) is 0 Å². The number of rotatable bonds is 8. The highest BCUT2D eigenvalue weighted by Gasteiger charge is 2.38. The summed E-state index contributed by atoms with van der Waals surface area (Å²) < 4.78 is 0. The van der Waals surface area contributed by atoms with Gasteiger partial charge in [-0.05, 0) is 23.6 Å². The summed E-state index contributed by atoms with van der Waals surface area (Å²) in [6.45, 7) is 1.69. The van der Waals surface area contributed by atoms with Gasteiger partial charge in [0.05, 0.1) is 29.6 Å². The first-order chi connectivity index (χ1) is 15.4. The van der Waals surface area contributed by atoms with Crippen molar-refractivity contribution < 1.29 is 14.8 Å². The zero-order chi connectivity index (χ0) is 23.1. The summed E-state index contributed by atoms with van der Waals surface area (Å²) in [7, 11) is 0. The van der Waals surface area contributed by atoms with Crippen molar-refractivity contribution in [1.82, 2.24) is 5.32 Å². The second-order valence-corrected chi connectivity index (χ2v) is 7.58. The molecule has 3 aromatic rings. The van der Waals surface area contributed by atoms with Crippen LogP contribution in [0.15, 0.2) is 84.9 Å². The summed E-state index contributed by atoms with van der Waals surface area (Å²) in [6, 6.07) is 25.2. The van der Waals surface area contributed by atoms with Gasteiger partial charge in [-0.2, -0.15) is 5.26 Å². The van der Waals surface area contributed by atoms with Gasteiger partial charge in [0.2, 0.25) is 5.91 Å². The smallest absolute Gasteiger partial charge is 0.269 e. The third-order valence-electron chi connectivity index (χ3n) is 5.46. The lowest BCUT2D eigenvalue weighted by Gasteiger charge is -2.29. The predicted molar refractivity (Wildman–Crippen MR) is 120 cm³/mol. The highest BCUT2D eigenvalue weighted by molar-refractivity contribution is 5.80. The van der Waals surface area contributed by atoms with E-state index in [1.54, 1.807) is 61.5 Å². The first-order valence-electron chi connectivity index (χ1n) is 10.1. The topological polar surface area (TPSA) is 116 Å². The zero-order valence-electron chi connectivity index (χ0n) is 17.5. The van der Waals surface area contributed by atoms with Crippen LogP contribution in [0.25, 0.3) is 0 Å². The molecule has 0 aliphatic carbocycles. The fraction of sp³-hybridized carbons (Fsp3) is 0.200. The molecule has 32 heavy (non-hydrogen) atoms. The summed E-state index contributed by atoms with van der Waals surface area (Å²) in [5.74, 6) is -0.420. The molecular formula is C25H23N3O4. The number of non-ortho nitro benzene ring substituents is 1. The average Bonchev–Trinajstić information content (AvgIpc) is 2.83. The van der Waals surface area contributed by atoms with Crippen molar-refractivity contribution in [3.8, 4) is 6.07 Å². The van der Waals surface area contributed by atoms with Crippen molar-refractivity contribution in [3.05, 3.63) is 112 Å². The lowest BCUT2D eigenvalue weighted by molar-refractivity contribution is -0.384. The number of aliphatic hydroxyl groups excluding tert-OH is 1. The van der Waals surface area contributed by atoms with Crippen molar-refractivity contribution in [1.29, 1.82) is 5.26 Å². The van der Waals surface area contributed by atoms with Gasteiger partial charge in [0.25, 0.3) is 5.69 Å². The number of carbonyl (C=O) groups is 1. The number of aliphatic hydroxyl groups is 1. The Labute approximate surface area is 186 Å². The van der Waals surface area contributed by atoms with E-state index in [1.807, 2.05) is 6.07 Å². The number of nitro benzene ring substituents is 1. The van der Waals surface area contributed by atoms with E-state index in [9.17, 15) is 25.3 Å². The van der Waals surface area contributed by atoms with Crippen LogP contribution in [0.1, 0.15) is 36.1 Å². The van der Waals surface area contributed by atoms with E-state index in [0.29, 0.717) is 16.7 Å². The number of nitro groups is 1. The molecule has 3 atom stereocenters. The van der Waals surface area contributed by atoms with Crippen LogP contribution in [0, 0.1) is 21.4 Å². The molecular weight excluding hydrogens is 406 g/mol. The highest BCUT2D eigenvalue weighted by Crippen LogP contribution is 2.36. The molecule has 7 nitrogen and oxygen atoms in total. The maximum atomic E-state index is 13.0. The largest absolute Gasteiger partial charge is 0.386 e. The minimum absolute atomic E-state index is 0.0993. The molecule has 0 aliphatic heterocycles. The fourth-order valence-corrected chi connectivity index (χ4v) is 3.69. The molecule has 0 aromatic heterocycles. The van der Waals surface area contributed by atoms with Gasteiger partial charge in [-0.1, -0.05) is 72.8 Å². The number of hydrogen-bond donors (Lipinski definition) is 2. The molecule has 0 bridgehead atoms. The second kappa shape index (κ2) is 9.86. The van der Waals surface area contributed by atoms with Gasteiger partial charge in [0.1, 0.15) is 5.41 Å². The third kappa shape index (κ3) is 4.82. The van der Waals surface area contributed by atoms with Gasteiger partial charge in [-0.3, -0.25) is 14.9 Å². The number of amides is 1. The predicted octanol–water partition coefficient (Wildman–Crippen LogP) is 4.03. The average molecular weight is 429 g/mol. The molecule has 0 aliphatic rings. The summed E-state index contributed by atoms with van der Waals surface area (Å²) in [5.41, 5.74) is 0.298. The zero-order valence-corrected chi connectivity index (χ0v) is 17.5. The van der Waals surface area contributed by atoms with Crippen molar-refractivity contribution in [2.75, 3.05) is 0 Å². The van der Waals surface area contributed by atoms with E-state index in [0.717, 1.165) is 0 Å². The number of benzene rings is 3. The molecule has 0 spiro atoms. The lowest BCUT2D eigenvalue weighted by atomic mass is 9.73. The van der Waals surface area contributed by atoms with Crippen molar-refractivity contribution in [2.45, 2.75) is 30.9 Å². The van der Waals surface area contributed by atoms with Crippen LogP contribution in [0.5, 0.6) is 0 Å². The van der Waals surface area contributed by atoms with Gasteiger partial charge >= 0.3 is 0 Å². The molecule has 3 rings (SSSR count). The van der Waals surface area contributed by atoms with Crippen molar-refractivity contribution in [3.63, 3.8) is 0 Å². The third-order valence-corrected chi connectivity index (χ3v) is 5.46. The van der Waals surface area contributed by atoms with E-state index >= 15 is 0 Å². The molecule has 7 heteroatoms. The van der Waals surface area contributed by atoms with Crippen LogP contribution in [0.4, 0.5) is 5.69 Å². The van der Waals surface area contributed by atoms with Crippen LogP contribution < -0.4 is 5.32 Å². The summed E-state index contributed by atoms with van der Waals surface area (Å²) in [4.78, 5) is 23.5. The van der Waals surface area contributed by atoms with Gasteiger partial charge < -0.3 is 10.4 Å². The Morgan fingerprint density at radius 1 is 1.03 bits per heavy atom. The van der Waals surface area contributed by atoms with Crippen LogP contribution >= 0.6 is 0 Å². The van der Waals surface area contributed by atoms with E-state index in [1.165, 1.54) is 24.3 Å². The monoisotopic (exact) mass is 429 g/mol. The van der Waals surface area contributed by atoms with Crippen LogP contribution in [0.2, 0.25) is 0 Å².